The van der Waals surface area contributed by atoms with E-state index < -0.39 is 6.61 Å². The van der Waals surface area contributed by atoms with Crippen LogP contribution in [-0.2, 0) is 13.6 Å². The molecule has 8 heteroatoms. The van der Waals surface area contributed by atoms with Gasteiger partial charge in [0.05, 0.1) is 11.9 Å². The van der Waals surface area contributed by atoms with Gasteiger partial charge in [-0.1, -0.05) is 30.7 Å². The molecule has 0 radical (unpaired) electrons. The zero-order chi connectivity index (χ0) is 25.4. The maximum absolute atomic E-state index is 12.4. The first kappa shape index (κ1) is 23.9. The smallest absolute Gasteiger partial charge is 0.387 e. The molecule has 37 heavy (non-hydrogen) atoms. The lowest BCUT2D eigenvalue weighted by Gasteiger charge is -2.26. The molecule has 2 aromatic carbocycles. The number of nitrogens with zero attached hydrogens (tertiary/aromatic N) is 4. The molecule has 3 heterocycles. The fourth-order valence-electron chi connectivity index (χ4n) is 5.42. The van der Waals surface area contributed by atoms with Crippen molar-refractivity contribution in [3.63, 3.8) is 0 Å². The molecule has 192 valence electrons. The minimum Gasteiger partial charge on any atom is -0.435 e. The highest BCUT2D eigenvalue weighted by Crippen LogP contribution is 2.43. The highest BCUT2D eigenvalue weighted by Gasteiger charge is 2.38. The fourth-order valence-corrected chi connectivity index (χ4v) is 5.42. The number of piperidine rings is 1. The second-order valence-corrected chi connectivity index (χ2v) is 10.1. The van der Waals surface area contributed by atoms with Crippen LogP contribution < -0.4 is 10.1 Å². The Hall–Kier alpha value is -3.52. The largest absolute Gasteiger partial charge is 0.435 e. The van der Waals surface area contributed by atoms with Crippen molar-refractivity contribution in [2.45, 2.75) is 50.8 Å². The van der Waals surface area contributed by atoms with E-state index in [0.717, 1.165) is 48.2 Å². The van der Waals surface area contributed by atoms with Crippen LogP contribution >= 0.6 is 0 Å². The monoisotopic (exact) mass is 503 g/mol. The number of hydrogen-bond acceptors (Lipinski definition) is 5. The average Bonchev–Trinajstić information content (AvgIpc) is 3.58. The Morgan fingerprint density at radius 2 is 1.81 bits per heavy atom. The van der Waals surface area contributed by atoms with Gasteiger partial charge in [-0.05, 0) is 73.1 Å². The number of hydrogen-bond donors (Lipinski definition) is 1. The lowest BCUT2D eigenvalue weighted by atomic mass is 10.0. The summed E-state index contributed by atoms with van der Waals surface area (Å²) in [6.45, 7) is 0.420. The predicted molar refractivity (Wildman–Crippen MR) is 141 cm³/mol. The van der Waals surface area contributed by atoms with Gasteiger partial charge in [-0.2, -0.15) is 13.9 Å². The lowest BCUT2D eigenvalue weighted by Crippen LogP contribution is -2.30. The topological polar surface area (TPSA) is 55.2 Å². The number of pyridine rings is 1. The molecule has 1 saturated heterocycles. The normalized spacial score (nSPS) is 19.9. The lowest BCUT2D eigenvalue weighted by molar-refractivity contribution is -0.0498. The molecular formula is C29H31F2N5O. The van der Waals surface area contributed by atoms with Crippen LogP contribution in [0.4, 0.5) is 14.6 Å². The molecule has 4 aromatic rings. The number of alkyl halides is 2. The maximum Gasteiger partial charge on any atom is 0.387 e. The zero-order valence-corrected chi connectivity index (χ0v) is 20.9. The first-order chi connectivity index (χ1) is 18.0. The van der Waals surface area contributed by atoms with Gasteiger partial charge in [-0.3, -0.25) is 9.58 Å². The minimum absolute atomic E-state index is 0.184. The van der Waals surface area contributed by atoms with Crippen LogP contribution in [0.3, 0.4) is 0 Å². The van der Waals surface area contributed by atoms with E-state index >= 15 is 0 Å². The number of ether oxygens (including phenoxy) is 1. The van der Waals surface area contributed by atoms with Crippen LogP contribution in [0, 0.1) is 0 Å². The number of fused-ring (bicyclic) bond motifs is 1. The Labute approximate surface area is 215 Å². The second-order valence-electron chi connectivity index (χ2n) is 10.1. The van der Waals surface area contributed by atoms with Crippen LogP contribution in [-0.4, -0.2) is 45.4 Å². The molecule has 6 nitrogen and oxygen atoms in total. The van der Waals surface area contributed by atoms with E-state index in [1.165, 1.54) is 36.1 Å². The summed E-state index contributed by atoms with van der Waals surface area (Å²) in [6.07, 6.45) is 8.73. The molecule has 1 aliphatic heterocycles. The molecule has 2 unspecified atom stereocenters. The summed E-state index contributed by atoms with van der Waals surface area (Å²) >= 11 is 0. The van der Waals surface area contributed by atoms with Gasteiger partial charge in [-0.15, -0.1) is 0 Å². The van der Waals surface area contributed by atoms with Gasteiger partial charge in [0.2, 0.25) is 0 Å². The molecule has 6 rings (SSSR count). The van der Waals surface area contributed by atoms with Gasteiger partial charge in [0.1, 0.15) is 11.6 Å². The molecule has 1 aliphatic carbocycles. The molecule has 1 N–H and O–H groups in total. The Morgan fingerprint density at radius 1 is 1.00 bits per heavy atom. The van der Waals surface area contributed by atoms with Crippen molar-refractivity contribution in [3.8, 4) is 16.9 Å². The summed E-state index contributed by atoms with van der Waals surface area (Å²) < 4.78 is 31.3. The summed E-state index contributed by atoms with van der Waals surface area (Å²) in [7, 11) is 2.03. The molecular weight excluding hydrogens is 472 g/mol. The number of aryl methyl sites for hydroxylation is 1. The Kier molecular flexibility index (Phi) is 6.50. The highest BCUT2D eigenvalue weighted by molar-refractivity contribution is 5.88. The van der Waals surface area contributed by atoms with Crippen molar-refractivity contribution in [1.82, 2.24) is 19.7 Å². The van der Waals surface area contributed by atoms with E-state index in [-0.39, 0.29) is 11.8 Å². The van der Waals surface area contributed by atoms with Crippen molar-refractivity contribution in [2.24, 2.45) is 7.05 Å². The van der Waals surface area contributed by atoms with Gasteiger partial charge < -0.3 is 10.1 Å². The number of nitrogens with one attached hydrogen (secondary N) is 1. The number of aromatic nitrogens is 3. The van der Waals surface area contributed by atoms with Crippen molar-refractivity contribution >= 4 is 16.6 Å². The Bertz CT molecular complexity index is 1380. The van der Waals surface area contributed by atoms with E-state index in [4.69, 9.17) is 0 Å². The first-order valence-electron chi connectivity index (χ1n) is 13.0. The number of rotatable bonds is 8. The minimum atomic E-state index is -2.81. The van der Waals surface area contributed by atoms with E-state index in [2.05, 4.69) is 49.3 Å². The molecule has 2 fully saturated rings. The van der Waals surface area contributed by atoms with E-state index in [1.54, 1.807) is 12.1 Å². The van der Waals surface area contributed by atoms with Gasteiger partial charge >= 0.3 is 6.61 Å². The molecule has 0 amide bonds. The maximum atomic E-state index is 12.4. The second kappa shape index (κ2) is 10.1. The summed E-state index contributed by atoms with van der Waals surface area (Å²) in [5.41, 5.74) is 4.71. The van der Waals surface area contributed by atoms with Crippen LogP contribution in [0.25, 0.3) is 21.9 Å². The summed E-state index contributed by atoms with van der Waals surface area (Å²) in [4.78, 5) is 7.16. The number of likely N-dealkylation sites (tertiary alicyclic amines) is 1. The van der Waals surface area contributed by atoms with E-state index in [1.807, 2.05) is 36.3 Å². The van der Waals surface area contributed by atoms with Crippen LogP contribution in [0.15, 0.2) is 60.9 Å². The van der Waals surface area contributed by atoms with E-state index in [0.29, 0.717) is 5.92 Å². The van der Waals surface area contributed by atoms with Crippen LogP contribution in [0.1, 0.15) is 42.9 Å². The number of halogens is 2. The number of anilines is 1. The number of benzene rings is 2. The third-order valence-corrected chi connectivity index (χ3v) is 7.57. The molecule has 2 atom stereocenters. The quantitative estimate of drug-likeness (QED) is 0.311. The standard InChI is InChI=1S/C29H31F2N5O/c1-35-27(18-36-11-3-2-4-12-36)25(17-33-35)20-5-6-21-16-32-28(14-22(21)13-20)34-26-15-24(26)19-7-9-23(10-8-19)37-29(30)31/h5-10,13-14,16-17,24,26,29H,2-4,11-12,15,18H2,1H3,(H,32,34). The molecule has 2 aliphatic rings. The summed E-state index contributed by atoms with van der Waals surface area (Å²) in [6, 6.07) is 15.8. The van der Waals surface area contributed by atoms with E-state index in [9.17, 15) is 8.78 Å². The summed E-state index contributed by atoms with van der Waals surface area (Å²) in [5.74, 6) is 1.36. The van der Waals surface area contributed by atoms with Gasteiger partial charge in [0.25, 0.3) is 0 Å². The first-order valence-corrected chi connectivity index (χ1v) is 13.0. The van der Waals surface area contributed by atoms with Crippen LogP contribution in [0.5, 0.6) is 5.75 Å². The predicted octanol–water partition coefficient (Wildman–Crippen LogP) is 6.19. The SMILES string of the molecule is Cn1ncc(-c2ccc3cnc(NC4CC4c4ccc(OC(F)F)cc4)cc3c2)c1CN1CCCCC1. The zero-order valence-electron chi connectivity index (χ0n) is 20.9. The van der Waals surface area contributed by atoms with Crippen molar-refractivity contribution in [3.05, 3.63) is 72.2 Å². The van der Waals surface area contributed by atoms with Gasteiger partial charge in [0.15, 0.2) is 0 Å². The molecule has 0 bridgehead atoms. The highest BCUT2D eigenvalue weighted by atomic mass is 19.3. The molecule has 2 aromatic heterocycles. The summed E-state index contributed by atoms with van der Waals surface area (Å²) in [5, 5.41) is 10.4. The Balaban J connectivity index is 1.17. The third-order valence-electron chi connectivity index (χ3n) is 7.57. The van der Waals surface area contributed by atoms with Crippen LogP contribution in [0.2, 0.25) is 0 Å². The molecule has 0 spiro atoms. The Morgan fingerprint density at radius 3 is 2.59 bits per heavy atom. The van der Waals surface area contributed by atoms with Crippen molar-refractivity contribution in [1.29, 1.82) is 0 Å². The van der Waals surface area contributed by atoms with Gasteiger partial charge in [-0.25, -0.2) is 4.98 Å². The third kappa shape index (κ3) is 5.30. The fraction of sp³-hybridized carbons (Fsp3) is 0.379. The molecule has 1 saturated carbocycles. The average molecular weight is 504 g/mol. The van der Waals surface area contributed by atoms with Crippen molar-refractivity contribution in [2.75, 3.05) is 18.4 Å². The van der Waals surface area contributed by atoms with Gasteiger partial charge in [0, 0.05) is 42.7 Å². The van der Waals surface area contributed by atoms with Crippen molar-refractivity contribution < 1.29 is 13.5 Å².